The van der Waals surface area contributed by atoms with Crippen LogP contribution in [0.5, 0.6) is 0 Å². The van der Waals surface area contributed by atoms with E-state index in [1.165, 1.54) is 26.2 Å². The van der Waals surface area contributed by atoms with Crippen LogP contribution in [0.4, 0.5) is 0 Å². The molecular weight excluding hydrogens is 381 g/mol. The maximum absolute atomic E-state index is 6.24. The quantitative estimate of drug-likeness (QED) is 0.506. The predicted octanol–water partition coefficient (Wildman–Crippen LogP) is 3.32. The molecule has 5 nitrogen and oxygen atoms in total. The molecule has 0 amide bonds. The molecule has 1 aromatic rings. The van der Waals surface area contributed by atoms with Gasteiger partial charge in [0.05, 0.1) is 6.54 Å². The first-order valence-electron chi connectivity index (χ1n) is 9.92. The lowest BCUT2D eigenvalue weighted by Gasteiger charge is -2.35. The Bertz CT molecular complexity index is 600. The molecule has 1 fully saturated rings. The molecule has 0 bridgehead atoms. The Morgan fingerprint density at radius 2 is 1.81 bits per heavy atom. The number of nitrogens with one attached hydrogen (secondary N) is 2. The highest BCUT2D eigenvalue weighted by Gasteiger charge is 2.17. The average Bonchev–Trinajstić information content (AvgIpc) is 2.66. The molecule has 2 N–H and O–H groups in total. The van der Waals surface area contributed by atoms with Gasteiger partial charge < -0.3 is 20.4 Å². The summed E-state index contributed by atoms with van der Waals surface area (Å²) in [6.07, 6.45) is 0. The van der Waals surface area contributed by atoms with Crippen LogP contribution in [0, 0.1) is 5.92 Å². The lowest BCUT2D eigenvalue weighted by Crippen LogP contribution is -2.48. The third-order valence-corrected chi connectivity index (χ3v) is 5.45. The van der Waals surface area contributed by atoms with Gasteiger partial charge in [0.1, 0.15) is 0 Å². The van der Waals surface area contributed by atoms with E-state index in [0.29, 0.717) is 22.5 Å². The fourth-order valence-corrected chi connectivity index (χ4v) is 3.69. The van der Waals surface area contributed by atoms with Gasteiger partial charge in [-0.05, 0) is 37.1 Å². The summed E-state index contributed by atoms with van der Waals surface area (Å²) in [6.45, 7) is 15.8. The first kappa shape index (κ1) is 22.3. The van der Waals surface area contributed by atoms with Crippen molar-refractivity contribution in [1.82, 2.24) is 20.4 Å². The summed E-state index contributed by atoms with van der Waals surface area (Å²) >= 11 is 12.2. The van der Waals surface area contributed by atoms with Gasteiger partial charge in [0.2, 0.25) is 0 Å². The van der Waals surface area contributed by atoms with Crippen molar-refractivity contribution in [1.29, 1.82) is 0 Å². The van der Waals surface area contributed by atoms with Gasteiger partial charge in [-0.1, -0.05) is 43.1 Å². The molecule has 152 valence electrons. The van der Waals surface area contributed by atoms with Crippen LogP contribution < -0.4 is 10.6 Å². The molecule has 1 saturated heterocycles. The molecule has 1 aliphatic heterocycles. The normalized spacial score (nSPS) is 17.7. The summed E-state index contributed by atoms with van der Waals surface area (Å²) in [6, 6.07) is 5.53. The van der Waals surface area contributed by atoms with Crippen molar-refractivity contribution in [2.24, 2.45) is 10.9 Å². The minimum Gasteiger partial charge on any atom is -0.357 e. The van der Waals surface area contributed by atoms with E-state index in [1.54, 1.807) is 6.07 Å². The lowest BCUT2D eigenvalue weighted by molar-refractivity contribution is 0.124. The third kappa shape index (κ3) is 7.86. The fourth-order valence-electron chi connectivity index (χ4n) is 3.22. The number of guanidine groups is 1. The van der Waals surface area contributed by atoms with Crippen molar-refractivity contribution in [3.8, 4) is 0 Å². The Labute approximate surface area is 174 Å². The Hall–Kier alpha value is -1.01. The van der Waals surface area contributed by atoms with Crippen LogP contribution in [0.15, 0.2) is 23.2 Å². The van der Waals surface area contributed by atoms with E-state index in [4.69, 9.17) is 23.2 Å². The Kier molecular flexibility index (Phi) is 9.69. The standard InChI is InChI=1S/C20H33Cl2N5/c1-4-23-20(25-14-17-6-7-18(21)12-19(17)22)24-13-16(3)15-27-10-8-26(5-2)9-11-27/h6-7,12,16H,4-5,8-11,13-15H2,1-3H3,(H2,23,24,25). The van der Waals surface area contributed by atoms with Gasteiger partial charge in [-0.15, -0.1) is 0 Å². The molecular formula is C20H33Cl2N5. The Balaban J connectivity index is 1.80. The van der Waals surface area contributed by atoms with E-state index in [1.807, 2.05) is 12.1 Å². The van der Waals surface area contributed by atoms with Gasteiger partial charge in [-0.3, -0.25) is 0 Å². The van der Waals surface area contributed by atoms with Gasteiger partial charge in [-0.2, -0.15) is 0 Å². The number of piperazine rings is 1. The van der Waals surface area contributed by atoms with E-state index in [2.05, 4.69) is 46.2 Å². The molecule has 0 radical (unpaired) electrons. The highest BCUT2D eigenvalue weighted by atomic mass is 35.5. The fraction of sp³-hybridized carbons (Fsp3) is 0.650. The molecule has 0 aliphatic carbocycles. The molecule has 1 aliphatic rings. The summed E-state index contributed by atoms with van der Waals surface area (Å²) in [5.74, 6) is 1.38. The van der Waals surface area contributed by atoms with Crippen molar-refractivity contribution in [3.63, 3.8) is 0 Å². The SMILES string of the molecule is CCNC(=NCc1ccc(Cl)cc1Cl)NCC(C)CN1CCN(CC)CC1. The second-order valence-electron chi connectivity index (χ2n) is 7.15. The number of hydrogen-bond donors (Lipinski definition) is 2. The third-order valence-electron chi connectivity index (χ3n) is 4.87. The molecule has 1 unspecified atom stereocenters. The smallest absolute Gasteiger partial charge is 0.191 e. The topological polar surface area (TPSA) is 42.9 Å². The number of aliphatic imine (C=N–C) groups is 1. The highest BCUT2D eigenvalue weighted by molar-refractivity contribution is 6.35. The van der Waals surface area contributed by atoms with Crippen LogP contribution in [0.1, 0.15) is 26.3 Å². The number of halogens is 2. The molecule has 1 atom stereocenters. The van der Waals surface area contributed by atoms with Gasteiger partial charge in [0, 0.05) is 55.9 Å². The predicted molar refractivity (Wildman–Crippen MR) is 117 cm³/mol. The Morgan fingerprint density at radius 3 is 2.44 bits per heavy atom. The summed E-state index contributed by atoms with van der Waals surface area (Å²) in [5.41, 5.74) is 0.972. The minimum atomic E-state index is 0.526. The molecule has 1 aromatic carbocycles. The van der Waals surface area contributed by atoms with Crippen LogP contribution in [0.25, 0.3) is 0 Å². The van der Waals surface area contributed by atoms with Crippen LogP contribution in [0.3, 0.4) is 0 Å². The van der Waals surface area contributed by atoms with Crippen molar-refractivity contribution >= 4 is 29.2 Å². The van der Waals surface area contributed by atoms with Gasteiger partial charge in [0.15, 0.2) is 5.96 Å². The van der Waals surface area contributed by atoms with E-state index in [-0.39, 0.29) is 0 Å². The average molecular weight is 414 g/mol. The zero-order valence-corrected chi connectivity index (χ0v) is 18.3. The molecule has 2 rings (SSSR count). The van der Waals surface area contributed by atoms with E-state index < -0.39 is 0 Å². The number of likely N-dealkylation sites (N-methyl/N-ethyl adjacent to an activating group) is 1. The number of benzene rings is 1. The summed E-state index contributed by atoms with van der Waals surface area (Å²) in [5, 5.41) is 8.07. The van der Waals surface area contributed by atoms with Gasteiger partial charge >= 0.3 is 0 Å². The minimum absolute atomic E-state index is 0.526. The van der Waals surface area contributed by atoms with Crippen molar-refractivity contribution in [2.45, 2.75) is 27.3 Å². The van der Waals surface area contributed by atoms with E-state index in [9.17, 15) is 0 Å². The molecule has 27 heavy (non-hydrogen) atoms. The Morgan fingerprint density at radius 1 is 1.11 bits per heavy atom. The van der Waals surface area contributed by atoms with Crippen LogP contribution in [-0.2, 0) is 6.54 Å². The monoisotopic (exact) mass is 413 g/mol. The maximum Gasteiger partial charge on any atom is 0.191 e. The first-order valence-corrected chi connectivity index (χ1v) is 10.7. The molecule has 0 spiro atoms. The summed E-state index contributed by atoms with van der Waals surface area (Å²) in [4.78, 5) is 9.74. The largest absolute Gasteiger partial charge is 0.357 e. The van der Waals surface area contributed by atoms with E-state index in [0.717, 1.165) is 37.7 Å². The zero-order chi connectivity index (χ0) is 19.6. The van der Waals surface area contributed by atoms with Crippen molar-refractivity contribution in [3.05, 3.63) is 33.8 Å². The number of hydrogen-bond acceptors (Lipinski definition) is 3. The molecule has 0 saturated carbocycles. The molecule has 1 heterocycles. The van der Waals surface area contributed by atoms with Crippen LogP contribution >= 0.6 is 23.2 Å². The molecule has 7 heteroatoms. The van der Waals surface area contributed by atoms with Crippen molar-refractivity contribution < 1.29 is 0 Å². The second-order valence-corrected chi connectivity index (χ2v) is 8.00. The van der Waals surface area contributed by atoms with Gasteiger partial charge in [-0.25, -0.2) is 4.99 Å². The maximum atomic E-state index is 6.24. The second kappa shape index (κ2) is 11.7. The number of rotatable bonds is 8. The lowest BCUT2D eigenvalue weighted by atomic mass is 10.1. The van der Waals surface area contributed by atoms with Crippen LogP contribution in [0.2, 0.25) is 10.0 Å². The van der Waals surface area contributed by atoms with Crippen molar-refractivity contribution in [2.75, 3.05) is 52.4 Å². The summed E-state index contributed by atoms with van der Waals surface area (Å²) in [7, 11) is 0. The molecule has 0 aromatic heterocycles. The highest BCUT2D eigenvalue weighted by Crippen LogP contribution is 2.21. The summed E-state index contributed by atoms with van der Waals surface area (Å²) < 4.78 is 0. The number of nitrogens with zero attached hydrogens (tertiary/aromatic N) is 3. The first-order chi connectivity index (χ1) is 13.0. The van der Waals surface area contributed by atoms with E-state index >= 15 is 0 Å². The van der Waals surface area contributed by atoms with Crippen LogP contribution in [-0.4, -0.2) is 68.1 Å². The zero-order valence-electron chi connectivity index (χ0n) is 16.8. The van der Waals surface area contributed by atoms with Gasteiger partial charge in [0.25, 0.3) is 0 Å².